The summed E-state index contributed by atoms with van der Waals surface area (Å²) in [6.07, 6.45) is 43.5. The number of carbonyl (C=O) groups excluding carboxylic acids is 2. The fourth-order valence-electron chi connectivity index (χ4n) is 5.51. The first kappa shape index (κ1) is 40.6. The van der Waals surface area contributed by atoms with Gasteiger partial charge in [0, 0.05) is 19.4 Å². The zero-order chi connectivity index (χ0) is 30.8. The zero-order valence-electron chi connectivity index (χ0n) is 28.5. The second-order valence-electron chi connectivity index (χ2n) is 12.5. The molecule has 0 aromatic rings. The molecular weight excluding hydrogens is 514 g/mol. The molecule has 0 saturated heterocycles. The van der Waals surface area contributed by atoms with Crippen molar-refractivity contribution >= 4 is 11.8 Å². The Labute approximate surface area is 263 Å². The van der Waals surface area contributed by atoms with Crippen LogP contribution in [0.1, 0.15) is 200 Å². The second-order valence-corrected chi connectivity index (χ2v) is 12.5. The highest BCUT2D eigenvalue weighted by atomic mass is 16.2. The summed E-state index contributed by atoms with van der Waals surface area (Å²) < 4.78 is 0. The predicted molar refractivity (Wildman–Crippen MR) is 186 cm³/mol. The normalized spacial score (nSPS) is 11.7. The van der Waals surface area contributed by atoms with Gasteiger partial charge in [-0.2, -0.15) is 0 Å². The number of hydrogen-bond donors (Lipinski definition) is 0. The Morgan fingerprint density at radius 3 is 1.05 bits per heavy atom. The lowest BCUT2D eigenvalue weighted by Crippen LogP contribution is -2.37. The van der Waals surface area contributed by atoms with Crippen molar-refractivity contribution in [2.45, 2.75) is 200 Å². The molecule has 0 rings (SSSR count). The fourth-order valence-corrected chi connectivity index (χ4v) is 5.51. The zero-order valence-corrected chi connectivity index (χ0v) is 28.5. The van der Waals surface area contributed by atoms with Gasteiger partial charge in [-0.05, 0) is 70.6 Å². The highest BCUT2D eigenvalue weighted by Crippen LogP contribution is 2.14. The average Bonchev–Trinajstić information content (AvgIpc) is 2.99. The van der Waals surface area contributed by atoms with E-state index in [1.165, 1.54) is 146 Å². The third-order valence-electron chi connectivity index (χ3n) is 8.29. The lowest BCUT2D eigenvalue weighted by molar-refractivity contribution is -0.145. The molecule has 3 nitrogen and oxygen atoms in total. The van der Waals surface area contributed by atoms with Crippen LogP contribution in [0, 0.1) is 6.92 Å². The van der Waals surface area contributed by atoms with E-state index in [1.807, 2.05) is 0 Å². The van der Waals surface area contributed by atoms with Crippen molar-refractivity contribution in [1.82, 2.24) is 4.90 Å². The van der Waals surface area contributed by atoms with Gasteiger partial charge in [-0.1, -0.05) is 148 Å². The standard InChI is InChI=1S/C39H72NO2/c1-4-7-9-11-13-15-17-19-21-23-25-27-29-31-33-35-38(41)40(37-6-3)39(42)36-34-32-30-28-26-24-22-20-18-16-14-12-10-8-5-2/h19-22H,3-18,23-37H2,1-2H3/b21-19-,22-20-. The maximum Gasteiger partial charge on any atom is 0.229 e. The molecule has 0 bridgehead atoms. The number of rotatable bonds is 32. The second kappa shape index (κ2) is 34.1. The molecule has 0 aliphatic heterocycles. The van der Waals surface area contributed by atoms with Crippen molar-refractivity contribution in [1.29, 1.82) is 0 Å². The fraction of sp³-hybridized carbons (Fsp3) is 0.821. The molecule has 3 heteroatoms. The Balaban J connectivity index is 3.74. The molecule has 42 heavy (non-hydrogen) atoms. The van der Waals surface area contributed by atoms with Crippen molar-refractivity contribution in [2.24, 2.45) is 0 Å². The summed E-state index contributed by atoms with van der Waals surface area (Å²) in [4.78, 5) is 27.0. The molecule has 0 N–H and O–H groups in total. The Hall–Kier alpha value is -1.38. The Morgan fingerprint density at radius 2 is 0.738 bits per heavy atom. The van der Waals surface area contributed by atoms with Gasteiger partial charge in [-0.3, -0.25) is 14.5 Å². The van der Waals surface area contributed by atoms with Gasteiger partial charge in [0.25, 0.3) is 0 Å². The minimum absolute atomic E-state index is 0.00836. The first-order chi connectivity index (χ1) is 20.7. The molecule has 0 aromatic carbocycles. The van der Waals surface area contributed by atoms with Crippen LogP contribution in [0.2, 0.25) is 0 Å². The molecule has 0 unspecified atom stereocenters. The molecule has 0 aliphatic carbocycles. The number of carbonyl (C=O) groups is 2. The van der Waals surface area contributed by atoms with Gasteiger partial charge in [0.05, 0.1) is 0 Å². The monoisotopic (exact) mass is 587 g/mol. The van der Waals surface area contributed by atoms with E-state index in [-0.39, 0.29) is 11.8 Å². The van der Waals surface area contributed by atoms with Crippen molar-refractivity contribution in [2.75, 3.05) is 6.54 Å². The Morgan fingerprint density at radius 1 is 0.452 bits per heavy atom. The maximum atomic E-state index is 12.7. The van der Waals surface area contributed by atoms with Gasteiger partial charge in [-0.15, -0.1) is 0 Å². The van der Waals surface area contributed by atoms with Crippen LogP contribution in [0.5, 0.6) is 0 Å². The lowest BCUT2D eigenvalue weighted by atomic mass is 10.1. The SMILES string of the molecule is [CH2]CCN(C(=O)CCCCCCC/C=C\CCCCCCCC)C(=O)CCCCCCC/C=C\CCCCCCCC. The number of nitrogens with zero attached hydrogens (tertiary/aromatic N) is 1. The number of allylic oxidation sites excluding steroid dienone is 4. The summed E-state index contributed by atoms with van der Waals surface area (Å²) in [5.41, 5.74) is 0. The number of hydrogen-bond acceptors (Lipinski definition) is 2. The molecule has 2 amide bonds. The summed E-state index contributed by atoms with van der Waals surface area (Å²) in [5, 5.41) is 0. The van der Waals surface area contributed by atoms with Crippen molar-refractivity contribution < 1.29 is 9.59 Å². The molecular formula is C39H72NO2. The summed E-state index contributed by atoms with van der Waals surface area (Å²) >= 11 is 0. The first-order valence-corrected chi connectivity index (χ1v) is 18.6. The first-order valence-electron chi connectivity index (χ1n) is 18.6. The Kier molecular flexibility index (Phi) is 33.0. The summed E-state index contributed by atoms with van der Waals surface area (Å²) in [7, 11) is 0. The van der Waals surface area contributed by atoms with E-state index in [1.54, 1.807) is 0 Å². The number of amides is 2. The van der Waals surface area contributed by atoms with Gasteiger partial charge in [0.15, 0.2) is 0 Å². The molecule has 0 saturated carbocycles. The summed E-state index contributed by atoms with van der Waals surface area (Å²) in [6.45, 7) is 8.89. The van der Waals surface area contributed by atoms with Crippen molar-refractivity contribution in [3.05, 3.63) is 31.2 Å². The minimum Gasteiger partial charge on any atom is -0.283 e. The van der Waals surface area contributed by atoms with E-state index in [0.29, 0.717) is 25.8 Å². The van der Waals surface area contributed by atoms with E-state index in [0.717, 1.165) is 25.7 Å². The number of imide groups is 1. The molecule has 245 valence electrons. The molecule has 0 aliphatic rings. The molecule has 1 radical (unpaired) electrons. The molecule has 0 spiro atoms. The van der Waals surface area contributed by atoms with Crippen LogP contribution in [0.15, 0.2) is 24.3 Å². The molecule has 0 atom stereocenters. The highest BCUT2D eigenvalue weighted by Gasteiger charge is 2.19. The van der Waals surface area contributed by atoms with E-state index in [9.17, 15) is 9.59 Å². The third kappa shape index (κ3) is 28.7. The van der Waals surface area contributed by atoms with Crippen LogP contribution in [0.3, 0.4) is 0 Å². The van der Waals surface area contributed by atoms with E-state index < -0.39 is 0 Å². The van der Waals surface area contributed by atoms with Crippen molar-refractivity contribution in [3.63, 3.8) is 0 Å². The van der Waals surface area contributed by atoms with Crippen LogP contribution in [-0.2, 0) is 9.59 Å². The van der Waals surface area contributed by atoms with Crippen molar-refractivity contribution in [3.8, 4) is 0 Å². The van der Waals surface area contributed by atoms with E-state index in [4.69, 9.17) is 0 Å². The molecule has 0 fully saturated rings. The van der Waals surface area contributed by atoms with Gasteiger partial charge in [0.2, 0.25) is 11.8 Å². The Bertz CT molecular complexity index is 586. The van der Waals surface area contributed by atoms with Gasteiger partial charge in [0.1, 0.15) is 0 Å². The highest BCUT2D eigenvalue weighted by molar-refractivity contribution is 5.95. The van der Waals surface area contributed by atoms with Crippen LogP contribution in [0.4, 0.5) is 0 Å². The molecule has 0 heterocycles. The quantitative estimate of drug-likeness (QED) is 0.0580. The van der Waals surface area contributed by atoms with Crippen LogP contribution in [-0.4, -0.2) is 23.3 Å². The minimum atomic E-state index is 0.00836. The van der Waals surface area contributed by atoms with E-state index >= 15 is 0 Å². The largest absolute Gasteiger partial charge is 0.283 e. The lowest BCUT2D eigenvalue weighted by Gasteiger charge is -2.20. The van der Waals surface area contributed by atoms with Crippen LogP contribution < -0.4 is 0 Å². The predicted octanol–water partition coefficient (Wildman–Crippen LogP) is 12.6. The van der Waals surface area contributed by atoms with Gasteiger partial charge in [-0.25, -0.2) is 0 Å². The van der Waals surface area contributed by atoms with Crippen LogP contribution >= 0.6 is 0 Å². The average molecular weight is 587 g/mol. The summed E-state index contributed by atoms with van der Waals surface area (Å²) in [6, 6.07) is 0. The molecule has 0 aromatic heterocycles. The smallest absolute Gasteiger partial charge is 0.229 e. The van der Waals surface area contributed by atoms with E-state index in [2.05, 4.69) is 45.1 Å². The van der Waals surface area contributed by atoms with Crippen LogP contribution in [0.25, 0.3) is 0 Å². The van der Waals surface area contributed by atoms with Gasteiger partial charge < -0.3 is 0 Å². The maximum absolute atomic E-state index is 12.7. The number of unbranched alkanes of at least 4 members (excludes halogenated alkanes) is 22. The van der Waals surface area contributed by atoms with Gasteiger partial charge >= 0.3 is 0 Å². The third-order valence-corrected chi connectivity index (χ3v) is 8.29. The topological polar surface area (TPSA) is 37.4 Å². The summed E-state index contributed by atoms with van der Waals surface area (Å²) in [5.74, 6) is 0.0167.